The van der Waals surface area contributed by atoms with Crippen LogP contribution in [0.2, 0.25) is 0 Å². The molecule has 1 atom stereocenters. The molecule has 0 aliphatic rings. The topological polar surface area (TPSA) is 64.0 Å². The highest BCUT2D eigenvalue weighted by Crippen LogP contribution is 2.15. The maximum atomic E-state index is 11.1. The molecule has 1 rings (SSSR count). The standard InChI is InChI=1S/C13H25N3O2S/c1-4-7-14-13(5-2)12-10-15-16(11-12)8-6-9-19(3,17)18/h10-11,13-14H,4-9H2,1-3H3. The van der Waals surface area contributed by atoms with Crippen LogP contribution < -0.4 is 5.32 Å². The van der Waals surface area contributed by atoms with E-state index in [0.717, 1.165) is 19.4 Å². The van der Waals surface area contributed by atoms with Gasteiger partial charge in [-0.15, -0.1) is 0 Å². The molecular formula is C13H25N3O2S. The third kappa shape index (κ3) is 6.20. The van der Waals surface area contributed by atoms with E-state index < -0.39 is 9.84 Å². The van der Waals surface area contributed by atoms with Gasteiger partial charge < -0.3 is 5.32 Å². The molecule has 110 valence electrons. The molecule has 0 radical (unpaired) electrons. The van der Waals surface area contributed by atoms with E-state index >= 15 is 0 Å². The molecule has 0 aliphatic heterocycles. The summed E-state index contributed by atoms with van der Waals surface area (Å²) < 4.78 is 23.9. The van der Waals surface area contributed by atoms with Crippen LogP contribution in [0, 0.1) is 0 Å². The lowest BCUT2D eigenvalue weighted by atomic mass is 10.1. The van der Waals surface area contributed by atoms with Crippen molar-refractivity contribution < 1.29 is 8.42 Å². The van der Waals surface area contributed by atoms with Gasteiger partial charge in [-0.05, 0) is 25.8 Å². The van der Waals surface area contributed by atoms with E-state index in [1.165, 1.54) is 11.8 Å². The van der Waals surface area contributed by atoms with Crippen LogP contribution in [0.5, 0.6) is 0 Å². The molecule has 0 bridgehead atoms. The van der Waals surface area contributed by atoms with Crippen LogP contribution >= 0.6 is 0 Å². The Hall–Kier alpha value is -0.880. The molecule has 0 saturated heterocycles. The molecule has 1 N–H and O–H groups in total. The molecule has 0 aromatic carbocycles. The van der Waals surface area contributed by atoms with Crippen molar-refractivity contribution in [1.82, 2.24) is 15.1 Å². The monoisotopic (exact) mass is 287 g/mol. The van der Waals surface area contributed by atoms with Gasteiger partial charge in [-0.2, -0.15) is 5.10 Å². The van der Waals surface area contributed by atoms with Gasteiger partial charge in [-0.3, -0.25) is 4.68 Å². The fraction of sp³-hybridized carbons (Fsp3) is 0.769. The first-order valence-corrected chi connectivity index (χ1v) is 8.95. The maximum Gasteiger partial charge on any atom is 0.147 e. The van der Waals surface area contributed by atoms with Gasteiger partial charge in [0.1, 0.15) is 9.84 Å². The molecule has 0 spiro atoms. The van der Waals surface area contributed by atoms with Crippen molar-refractivity contribution in [2.75, 3.05) is 18.6 Å². The number of aryl methyl sites for hydroxylation is 1. The second-order valence-corrected chi connectivity index (χ2v) is 7.19. The van der Waals surface area contributed by atoms with E-state index in [4.69, 9.17) is 0 Å². The Balaban J connectivity index is 2.51. The van der Waals surface area contributed by atoms with E-state index in [9.17, 15) is 8.42 Å². The maximum absolute atomic E-state index is 11.1. The first kappa shape index (κ1) is 16.2. The normalized spacial score (nSPS) is 13.6. The zero-order valence-electron chi connectivity index (χ0n) is 12.1. The minimum absolute atomic E-state index is 0.216. The van der Waals surface area contributed by atoms with Gasteiger partial charge in [0, 0.05) is 30.6 Å². The summed E-state index contributed by atoms with van der Waals surface area (Å²) in [4.78, 5) is 0. The summed E-state index contributed by atoms with van der Waals surface area (Å²) >= 11 is 0. The van der Waals surface area contributed by atoms with E-state index in [1.54, 1.807) is 0 Å². The third-order valence-corrected chi connectivity index (χ3v) is 4.04. The molecule has 0 saturated carbocycles. The van der Waals surface area contributed by atoms with Crippen molar-refractivity contribution in [1.29, 1.82) is 0 Å². The van der Waals surface area contributed by atoms with Crippen LogP contribution in [0.1, 0.15) is 44.7 Å². The molecule has 1 heterocycles. The lowest BCUT2D eigenvalue weighted by molar-refractivity contribution is 0.516. The number of aromatic nitrogens is 2. The van der Waals surface area contributed by atoms with Crippen LogP contribution in [0.4, 0.5) is 0 Å². The number of nitrogens with zero attached hydrogens (tertiary/aromatic N) is 2. The zero-order chi connectivity index (χ0) is 14.3. The van der Waals surface area contributed by atoms with Gasteiger partial charge in [-0.1, -0.05) is 13.8 Å². The summed E-state index contributed by atoms with van der Waals surface area (Å²) in [6, 6.07) is 0.337. The Kier molecular flexibility index (Phi) is 6.51. The smallest absolute Gasteiger partial charge is 0.147 e. The number of nitrogens with one attached hydrogen (secondary N) is 1. The van der Waals surface area contributed by atoms with Crippen molar-refractivity contribution >= 4 is 9.84 Å². The predicted octanol–water partition coefficient (Wildman–Crippen LogP) is 1.77. The molecule has 6 heteroatoms. The summed E-state index contributed by atoms with van der Waals surface area (Å²) in [5.41, 5.74) is 1.18. The molecule has 1 unspecified atom stereocenters. The Bertz CT molecular complexity index is 468. The van der Waals surface area contributed by atoms with E-state index in [0.29, 0.717) is 19.0 Å². The van der Waals surface area contributed by atoms with Crippen molar-refractivity contribution in [2.45, 2.75) is 45.7 Å². The molecule has 0 amide bonds. The molecular weight excluding hydrogens is 262 g/mol. The molecule has 5 nitrogen and oxygen atoms in total. The van der Waals surface area contributed by atoms with Gasteiger partial charge in [0.2, 0.25) is 0 Å². The van der Waals surface area contributed by atoms with Crippen molar-refractivity contribution in [3.05, 3.63) is 18.0 Å². The summed E-state index contributed by atoms with van der Waals surface area (Å²) in [5, 5.41) is 7.77. The van der Waals surface area contributed by atoms with Gasteiger partial charge in [0.05, 0.1) is 11.9 Å². The Labute approximate surface area is 116 Å². The average molecular weight is 287 g/mol. The second kappa shape index (κ2) is 7.65. The minimum atomic E-state index is -2.87. The van der Waals surface area contributed by atoms with Gasteiger partial charge >= 0.3 is 0 Å². The second-order valence-electron chi connectivity index (χ2n) is 4.94. The lowest BCUT2D eigenvalue weighted by Gasteiger charge is -2.14. The summed E-state index contributed by atoms with van der Waals surface area (Å²) in [6.07, 6.45) is 7.90. The minimum Gasteiger partial charge on any atom is -0.310 e. The molecule has 0 fully saturated rings. The van der Waals surface area contributed by atoms with Crippen LogP contribution in [-0.4, -0.2) is 36.8 Å². The Morgan fingerprint density at radius 3 is 2.74 bits per heavy atom. The van der Waals surface area contributed by atoms with Gasteiger partial charge in [0.15, 0.2) is 0 Å². The molecule has 0 aliphatic carbocycles. The zero-order valence-corrected chi connectivity index (χ0v) is 12.9. The van der Waals surface area contributed by atoms with E-state index in [1.807, 2.05) is 17.1 Å². The van der Waals surface area contributed by atoms with Crippen molar-refractivity contribution in [3.8, 4) is 0 Å². The first-order chi connectivity index (χ1) is 8.96. The van der Waals surface area contributed by atoms with Crippen LogP contribution in [0.25, 0.3) is 0 Å². The number of rotatable bonds is 9. The highest BCUT2D eigenvalue weighted by molar-refractivity contribution is 7.90. The molecule has 19 heavy (non-hydrogen) atoms. The Morgan fingerprint density at radius 2 is 2.16 bits per heavy atom. The van der Waals surface area contributed by atoms with Crippen LogP contribution in [-0.2, 0) is 16.4 Å². The lowest BCUT2D eigenvalue weighted by Crippen LogP contribution is -2.21. The molecule has 1 aromatic rings. The number of hydrogen-bond donors (Lipinski definition) is 1. The van der Waals surface area contributed by atoms with Crippen molar-refractivity contribution in [3.63, 3.8) is 0 Å². The third-order valence-electron chi connectivity index (χ3n) is 3.01. The fourth-order valence-electron chi connectivity index (χ4n) is 1.99. The van der Waals surface area contributed by atoms with E-state index in [2.05, 4.69) is 24.3 Å². The summed E-state index contributed by atoms with van der Waals surface area (Å²) in [7, 11) is -2.87. The van der Waals surface area contributed by atoms with Gasteiger partial charge in [-0.25, -0.2) is 8.42 Å². The SMILES string of the molecule is CCCNC(CC)c1cnn(CCCS(C)(=O)=O)c1. The van der Waals surface area contributed by atoms with E-state index in [-0.39, 0.29) is 5.75 Å². The fourth-order valence-corrected chi connectivity index (χ4v) is 2.64. The average Bonchev–Trinajstić information content (AvgIpc) is 2.77. The highest BCUT2D eigenvalue weighted by atomic mass is 32.2. The van der Waals surface area contributed by atoms with Crippen LogP contribution in [0.15, 0.2) is 12.4 Å². The predicted molar refractivity (Wildman–Crippen MR) is 77.9 cm³/mol. The first-order valence-electron chi connectivity index (χ1n) is 6.89. The number of sulfone groups is 1. The summed E-state index contributed by atoms with van der Waals surface area (Å²) in [6.45, 7) is 5.94. The Morgan fingerprint density at radius 1 is 1.42 bits per heavy atom. The van der Waals surface area contributed by atoms with Crippen LogP contribution in [0.3, 0.4) is 0 Å². The highest BCUT2D eigenvalue weighted by Gasteiger charge is 2.10. The largest absolute Gasteiger partial charge is 0.310 e. The molecule has 1 aromatic heterocycles. The van der Waals surface area contributed by atoms with Crippen molar-refractivity contribution in [2.24, 2.45) is 0 Å². The summed E-state index contributed by atoms with van der Waals surface area (Å²) in [5.74, 6) is 0.216. The number of hydrogen-bond acceptors (Lipinski definition) is 4. The quantitative estimate of drug-likeness (QED) is 0.752. The van der Waals surface area contributed by atoms with Gasteiger partial charge in [0.25, 0.3) is 0 Å².